The topological polar surface area (TPSA) is 74.3 Å². The number of sulfone groups is 1. The van der Waals surface area contributed by atoms with Gasteiger partial charge in [-0.3, -0.25) is 0 Å². The fourth-order valence-corrected chi connectivity index (χ4v) is 2.56. The van der Waals surface area contributed by atoms with E-state index in [1.807, 2.05) is 0 Å². The number of aromatic carboxylic acids is 1. The Hall–Kier alpha value is -1.36. The van der Waals surface area contributed by atoms with Gasteiger partial charge in [-0.15, -0.1) is 0 Å². The molecule has 0 amide bonds. The highest BCUT2D eigenvalue weighted by atomic mass is 32.2. The summed E-state index contributed by atoms with van der Waals surface area (Å²) in [5.41, 5.74) is -0.294. The molecule has 16 heavy (non-hydrogen) atoms. The highest BCUT2D eigenvalue weighted by Crippen LogP contribution is 2.26. The molecule has 0 N–H and O–H groups in total. The number of carboxylic acid groups (broad SMARTS) is 1. The van der Waals surface area contributed by atoms with E-state index in [4.69, 9.17) is 0 Å². The van der Waals surface area contributed by atoms with Crippen molar-refractivity contribution in [3.63, 3.8) is 0 Å². The van der Waals surface area contributed by atoms with Crippen molar-refractivity contribution in [3.05, 3.63) is 29.8 Å². The quantitative estimate of drug-likeness (QED) is 0.760. The van der Waals surface area contributed by atoms with Crippen molar-refractivity contribution in [3.8, 4) is 0 Å². The maximum atomic E-state index is 12.1. The molecule has 0 saturated carbocycles. The van der Waals surface area contributed by atoms with Crippen molar-refractivity contribution in [1.82, 2.24) is 0 Å². The van der Waals surface area contributed by atoms with Crippen LogP contribution in [0.4, 0.5) is 0 Å². The third-order valence-electron chi connectivity index (χ3n) is 2.20. The summed E-state index contributed by atoms with van der Waals surface area (Å²) in [6, 6.07) is 5.47. The summed E-state index contributed by atoms with van der Waals surface area (Å²) < 4.78 is 23.1. The van der Waals surface area contributed by atoms with E-state index >= 15 is 0 Å². The van der Waals surface area contributed by atoms with Gasteiger partial charge in [-0.05, 0) is 26.8 Å². The zero-order valence-electron chi connectivity index (χ0n) is 9.35. The second-order valence-corrected chi connectivity index (χ2v) is 7.07. The summed E-state index contributed by atoms with van der Waals surface area (Å²) in [6.45, 7) is 4.57. The van der Waals surface area contributed by atoms with E-state index < -0.39 is 20.6 Å². The monoisotopic (exact) mass is 241 g/mol. The molecule has 4 nitrogen and oxygen atoms in total. The summed E-state index contributed by atoms with van der Waals surface area (Å²) in [5, 5.41) is 10.8. The second kappa shape index (κ2) is 3.90. The Balaban J connectivity index is 3.52. The molecule has 0 bridgehead atoms. The van der Waals surface area contributed by atoms with Gasteiger partial charge in [0.15, 0.2) is 9.84 Å². The lowest BCUT2D eigenvalue weighted by Gasteiger charge is -2.21. The van der Waals surface area contributed by atoms with Gasteiger partial charge in [-0.2, -0.15) is 0 Å². The van der Waals surface area contributed by atoms with Crippen LogP contribution < -0.4 is 5.11 Å². The molecule has 0 aliphatic carbocycles. The third-order valence-corrected chi connectivity index (χ3v) is 4.75. The molecule has 0 aromatic heterocycles. The van der Waals surface area contributed by atoms with Crippen LogP contribution in [0.25, 0.3) is 0 Å². The van der Waals surface area contributed by atoms with Crippen LogP contribution in [-0.2, 0) is 9.84 Å². The van der Waals surface area contributed by atoms with Crippen molar-refractivity contribution in [1.29, 1.82) is 0 Å². The maximum absolute atomic E-state index is 12.1. The lowest BCUT2D eigenvalue weighted by molar-refractivity contribution is -0.255. The molecule has 0 aliphatic rings. The lowest BCUT2D eigenvalue weighted by Crippen LogP contribution is -2.31. The van der Waals surface area contributed by atoms with E-state index in [1.54, 1.807) is 0 Å². The van der Waals surface area contributed by atoms with Gasteiger partial charge in [-0.1, -0.05) is 18.2 Å². The Bertz CT molecular complexity index is 509. The van der Waals surface area contributed by atoms with Crippen LogP contribution >= 0.6 is 0 Å². The van der Waals surface area contributed by atoms with Crippen molar-refractivity contribution >= 4 is 15.8 Å². The fraction of sp³-hybridized carbons (Fsp3) is 0.364. The number of benzene rings is 1. The van der Waals surface area contributed by atoms with Crippen LogP contribution in [0.1, 0.15) is 31.1 Å². The van der Waals surface area contributed by atoms with E-state index in [-0.39, 0.29) is 10.5 Å². The molecule has 5 heteroatoms. The first-order valence-electron chi connectivity index (χ1n) is 4.73. The van der Waals surface area contributed by atoms with Gasteiger partial charge in [0.1, 0.15) is 0 Å². The number of carbonyl (C=O) groups is 1. The van der Waals surface area contributed by atoms with Crippen molar-refractivity contribution in [2.75, 3.05) is 0 Å². The minimum absolute atomic E-state index is 0.192. The van der Waals surface area contributed by atoms with Gasteiger partial charge >= 0.3 is 0 Å². The van der Waals surface area contributed by atoms with E-state index in [0.717, 1.165) is 0 Å². The molecule has 0 spiro atoms. The second-order valence-electron chi connectivity index (χ2n) is 4.40. The summed E-state index contributed by atoms with van der Waals surface area (Å²) in [5.74, 6) is -1.48. The SMILES string of the molecule is CC(C)(C)S(=O)(=O)c1ccccc1C(=O)[O-]. The predicted molar refractivity (Wildman–Crippen MR) is 57.7 cm³/mol. The van der Waals surface area contributed by atoms with Crippen LogP contribution in [0.5, 0.6) is 0 Å². The molecule has 0 atom stereocenters. The maximum Gasteiger partial charge on any atom is 0.183 e. The van der Waals surface area contributed by atoms with E-state index in [1.165, 1.54) is 45.0 Å². The van der Waals surface area contributed by atoms with Gasteiger partial charge in [0.2, 0.25) is 0 Å². The number of carbonyl (C=O) groups excluding carboxylic acids is 1. The first-order chi connectivity index (χ1) is 7.18. The molecule has 0 aliphatic heterocycles. The van der Waals surface area contributed by atoms with Crippen LogP contribution in [0.15, 0.2) is 29.2 Å². The van der Waals surface area contributed by atoms with Crippen LogP contribution in [0, 0.1) is 0 Å². The normalized spacial score (nSPS) is 12.4. The summed E-state index contributed by atoms with van der Waals surface area (Å²) in [7, 11) is -3.67. The Kier molecular flexibility index (Phi) is 3.10. The zero-order valence-corrected chi connectivity index (χ0v) is 10.2. The first kappa shape index (κ1) is 12.7. The Morgan fingerprint density at radius 1 is 1.19 bits per heavy atom. The summed E-state index contributed by atoms with van der Waals surface area (Å²) in [4.78, 5) is 10.6. The van der Waals surface area contributed by atoms with Gasteiger partial charge in [0, 0.05) is 5.56 Å². The van der Waals surface area contributed by atoms with Crippen LogP contribution in [-0.4, -0.2) is 19.1 Å². The molecular weight excluding hydrogens is 228 g/mol. The third kappa shape index (κ3) is 2.09. The number of rotatable bonds is 2. The number of carboxylic acids is 1. The van der Waals surface area contributed by atoms with Crippen molar-refractivity contribution in [2.45, 2.75) is 30.4 Å². The van der Waals surface area contributed by atoms with Gasteiger partial charge < -0.3 is 9.90 Å². The van der Waals surface area contributed by atoms with E-state index in [0.29, 0.717) is 0 Å². The molecule has 0 radical (unpaired) electrons. The molecule has 0 saturated heterocycles. The first-order valence-corrected chi connectivity index (χ1v) is 6.21. The molecule has 1 aromatic rings. The largest absolute Gasteiger partial charge is 0.545 e. The average molecular weight is 241 g/mol. The van der Waals surface area contributed by atoms with Crippen molar-refractivity contribution in [2.24, 2.45) is 0 Å². The van der Waals surface area contributed by atoms with Gasteiger partial charge in [0.05, 0.1) is 15.6 Å². The summed E-state index contributed by atoms with van der Waals surface area (Å²) >= 11 is 0. The highest BCUT2D eigenvalue weighted by molar-refractivity contribution is 7.92. The fourth-order valence-electron chi connectivity index (χ4n) is 1.20. The van der Waals surface area contributed by atoms with Crippen molar-refractivity contribution < 1.29 is 18.3 Å². The molecular formula is C11H13O4S-. The average Bonchev–Trinajstić information content (AvgIpc) is 2.16. The standard InChI is InChI=1S/C11H14O4S/c1-11(2,3)16(14,15)9-7-5-4-6-8(9)10(12)13/h4-7H,1-3H3,(H,12,13)/p-1. The Morgan fingerprint density at radius 2 is 1.69 bits per heavy atom. The van der Waals surface area contributed by atoms with Crippen LogP contribution in [0.2, 0.25) is 0 Å². The molecule has 0 unspecified atom stereocenters. The Morgan fingerprint density at radius 3 is 2.12 bits per heavy atom. The van der Waals surface area contributed by atoms with Crippen LogP contribution in [0.3, 0.4) is 0 Å². The minimum Gasteiger partial charge on any atom is -0.545 e. The smallest absolute Gasteiger partial charge is 0.183 e. The minimum atomic E-state index is -3.67. The van der Waals surface area contributed by atoms with Gasteiger partial charge in [0.25, 0.3) is 0 Å². The number of hydrogen-bond acceptors (Lipinski definition) is 4. The van der Waals surface area contributed by atoms with E-state index in [2.05, 4.69) is 0 Å². The molecule has 88 valence electrons. The summed E-state index contributed by atoms with van der Waals surface area (Å²) in [6.07, 6.45) is 0. The van der Waals surface area contributed by atoms with Gasteiger partial charge in [-0.25, -0.2) is 8.42 Å². The number of hydrogen-bond donors (Lipinski definition) is 0. The van der Waals surface area contributed by atoms with E-state index in [9.17, 15) is 18.3 Å². The zero-order chi connectivity index (χ0) is 12.6. The highest BCUT2D eigenvalue weighted by Gasteiger charge is 2.32. The molecule has 1 rings (SSSR count). The predicted octanol–water partition coefficient (Wildman–Crippen LogP) is 0.622. The Labute approximate surface area is 94.8 Å². The molecule has 1 aromatic carbocycles. The molecule has 0 fully saturated rings. The lowest BCUT2D eigenvalue weighted by atomic mass is 10.2. The molecule has 0 heterocycles.